The van der Waals surface area contributed by atoms with Crippen molar-refractivity contribution in [3.63, 3.8) is 0 Å². The number of nitrogens with zero attached hydrogens (tertiary/aromatic N) is 2. The monoisotopic (exact) mass is 279 g/mol. The van der Waals surface area contributed by atoms with Gasteiger partial charge in [-0.25, -0.2) is 4.39 Å². The Kier molecular flexibility index (Phi) is 4.95. The van der Waals surface area contributed by atoms with Gasteiger partial charge in [-0.15, -0.1) is 0 Å². The number of amidine groups is 1. The number of rotatable bonds is 5. The summed E-state index contributed by atoms with van der Waals surface area (Å²) in [6, 6.07) is 4.99. The maximum Gasteiger partial charge on any atom is 0.173 e. The summed E-state index contributed by atoms with van der Waals surface area (Å²) in [6.45, 7) is 1.53. The van der Waals surface area contributed by atoms with Crippen molar-refractivity contribution in [1.82, 2.24) is 4.90 Å². The topological polar surface area (TPSA) is 61.8 Å². The zero-order valence-electron chi connectivity index (χ0n) is 11.8. The Morgan fingerprint density at radius 2 is 2.15 bits per heavy atom. The third-order valence-corrected chi connectivity index (χ3v) is 3.95. The van der Waals surface area contributed by atoms with E-state index in [1.807, 2.05) is 7.05 Å². The summed E-state index contributed by atoms with van der Waals surface area (Å²) in [5.74, 6) is 0.138. The highest BCUT2D eigenvalue weighted by Gasteiger charge is 2.18. The van der Waals surface area contributed by atoms with Gasteiger partial charge in [0, 0.05) is 18.7 Å². The largest absolute Gasteiger partial charge is 0.409 e. The van der Waals surface area contributed by atoms with E-state index in [9.17, 15) is 4.39 Å². The number of hydrogen-bond donors (Lipinski definition) is 2. The molecule has 1 saturated carbocycles. The van der Waals surface area contributed by atoms with Gasteiger partial charge in [-0.3, -0.25) is 0 Å². The number of hydrogen-bond acceptors (Lipinski definition) is 3. The molecule has 0 heterocycles. The highest BCUT2D eigenvalue weighted by atomic mass is 19.1. The summed E-state index contributed by atoms with van der Waals surface area (Å²) in [4.78, 5) is 2.14. The predicted molar refractivity (Wildman–Crippen MR) is 77.2 cm³/mol. The fraction of sp³-hybridized carbons (Fsp3) is 0.533. The molecule has 2 rings (SSSR count). The molecule has 0 aliphatic heterocycles. The molecule has 0 aromatic heterocycles. The normalized spacial score (nSPS) is 17.1. The van der Waals surface area contributed by atoms with Crippen molar-refractivity contribution < 1.29 is 9.60 Å². The van der Waals surface area contributed by atoms with Crippen molar-refractivity contribution in [3.8, 4) is 0 Å². The molecule has 1 aromatic carbocycles. The molecule has 0 atom stereocenters. The van der Waals surface area contributed by atoms with Gasteiger partial charge in [0.2, 0.25) is 0 Å². The van der Waals surface area contributed by atoms with Gasteiger partial charge >= 0.3 is 0 Å². The van der Waals surface area contributed by atoms with Crippen molar-refractivity contribution >= 4 is 5.84 Å². The standard InChI is InChI=1S/C15H22FN3O/c1-19(9-11-5-2-3-6-11)10-12-7-4-8-13(14(12)16)15(17)18-20/h4,7-8,11,20H,2-3,5-6,9-10H2,1H3,(H2,17,18). The molecule has 0 saturated heterocycles. The van der Waals surface area contributed by atoms with E-state index in [0.717, 1.165) is 12.5 Å². The molecule has 1 aliphatic carbocycles. The van der Waals surface area contributed by atoms with Crippen LogP contribution in [0.1, 0.15) is 36.8 Å². The quantitative estimate of drug-likeness (QED) is 0.377. The van der Waals surface area contributed by atoms with Crippen LogP contribution in [0.5, 0.6) is 0 Å². The Labute approximate surface area is 119 Å². The molecule has 5 heteroatoms. The summed E-state index contributed by atoms with van der Waals surface area (Å²) >= 11 is 0. The lowest BCUT2D eigenvalue weighted by atomic mass is 10.1. The first-order valence-electron chi connectivity index (χ1n) is 7.05. The van der Waals surface area contributed by atoms with Crippen LogP contribution in [0.15, 0.2) is 23.4 Å². The van der Waals surface area contributed by atoms with Crippen LogP contribution >= 0.6 is 0 Å². The summed E-state index contributed by atoms with van der Waals surface area (Å²) < 4.78 is 14.3. The lowest BCUT2D eigenvalue weighted by Crippen LogP contribution is -2.25. The van der Waals surface area contributed by atoms with E-state index in [1.165, 1.54) is 31.7 Å². The highest BCUT2D eigenvalue weighted by molar-refractivity contribution is 5.97. The van der Waals surface area contributed by atoms with Crippen LogP contribution in [0.25, 0.3) is 0 Å². The molecule has 1 aliphatic rings. The Morgan fingerprint density at radius 3 is 2.80 bits per heavy atom. The first-order chi connectivity index (χ1) is 9.61. The number of nitrogens with two attached hydrogens (primary N) is 1. The molecule has 0 amide bonds. The van der Waals surface area contributed by atoms with Crippen LogP contribution in [-0.2, 0) is 6.54 Å². The van der Waals surface area contributed by atoms with Crippen molar-refractivity contribution in [2.75, 3.05) is 13.6 Å². The van der Waals surface area contributed by atoms with Crippen LogP contribution in [-0.4, -0.2) is 29.5 Å². The molecule has 0 radical (unpaired) electrons. The minimum Gasteiger partial charge on any atom is -0.409 e. The lowest BCUT2D eigenvalue weighted by Gasteiger charge is -2.21. The maximum absolute atomic E-state index is 14.3. The van der Waals surface area contributed by atoms with Gasteiger partial charge in [0.1, 0.15) is 5.82 Å². The molecule has 0 spiro atoms. The molecule has 1 fully saturated rings. The van der Waals surface area contributed by atoms with Crippen LogP contribution < -0.4 is 5.73 Å². The molecule has 0 bridgehead atoms. The van der Waals surface area contributed by atoms with Crippen molar-refractivity contribution in [3.05, 3.63) is 35.1 Å². The lowest BCUT2D eigenvalue weighted by molar-refractivity contribution is 0.268. The van der Waals surface area contributed by atoms with Gasteiger partial charge in [-0.05, 0) is 31.9 Å². The highest BCUT2D eigenvalue weighted by Crippen LogP contribution is 2.25. The van der Waals surface area contributed by atoms with Gasteiger partial charge in [-0.2, -0.15) is 0 Å². The average Bonchev–Trinajstić information content (AvgIpc) is 2.93. The summed E-state index contributed by atoms with van der Waals surface area (Å²) in [5, 5.41) is 11.5. The van der Waals surface area contributed by atoms with Crippen molar-refractivity contribution in [2.45, 2.75) is 32.2 Å². The van der Waals surface area contributed by atoms with Gasteiger partial charge in [-0.1, -0.05) is 30.1 Å². The second-order valence-electron chi connectivity index (χ2n) is 5.61. The fourth-order valence-electron chi connectivity index (χ4n) is 2.94. The van der Waals surface area contributed by atoms with E-state index in [2.05, 4.69) is 10.1 Å². The van der Waals surface area contributed by atoms with Gasteiger partial charge < -0.3 is 15.8 Å². The van der Waals surface area contributed by atoms with Gasteiger partial charge in [0.05, 0.1) is 5.56 Å². The third kappa shape index (κ3) is 3.48. The minimum atomic E-state index is -0.402. The Balaban J connectivity index is 2.05. The summed E-state index contributed by atoms with van der Waals surface area (Å²) in [5.41, 5.74) is 6.20. The fourth-order valence-corrected chi connectivity index (χ4v) is 2.94. The molecule has 110 valence electrons. The number of benzene rings is 1. The second kappa shape index (κ2) is 6.70. The molecule has 1 aromatic rings. The molecular formula is C15H22FN3O. The Hall–Kier alpha value is -1.62. The number of oxime groups is 1. The van der Waals surface area contributed by atoms with E-state index in [1.54, 1.807) is 12.1 Å². The molecular weight excluding hydrogens is 257 g/mol. The molecule has 0 unspecified atom stereocenters. The van der Waals surface area contributed by atoms with Crippen LogP contribution in [0.3, 0.4) is 0 Å². The van der Waals surface area contributed by atoms with Crippen LogP contribution in [0, 0.1) is 11.7 Å². The molecule has 4 nitrogen and oxygen atoms in total. The van der Waals surface area contributed by atoms with Gasteiger partial charge in [0.25, 0.3) is 0 Å². The zero-order valence-corrected chi connectivity index (χ0v) is 11.8. The smallest absolute Gasteiger partial charge is 0.173 e. The van der Waals surface area contributed by atoms with Crippen molar-refractivity contribution in [1.29, 1.82) is 0 Å². The Morgan fingerprint density at radius 1 is 1.45 bits per heavy atom. The van der Waals surface area contributed by atoms with E-state index in [-0.39, 0.29) is 11.4 Å². The average molecular weight is 279 g/mol. The van der Waals surface area contributed by atoms with E-state index >= 15 is 0 Å². The summed E-state index contributed by atoms with van der Waals surface area (Å²) in [6.07, 6.45) is 5.17. The van der Waals surface area contributed by atoms with Crippen molar-refractivity contribution in [2.24, 2.45) is 16.8 Å². The molecule has 3 N–H and O–H groups in total. The zero-order chi connectivity index (χ0) is 14.5. The van der Waals surface area contributed by atoms with Gasteiger partial charge in [0.15, 0.2) is 5.84 Å². The predicted octanol–water partition coefficient (Wildman–Crippen LogP) is 2.54. The van der Waals surface area contributed by atoms with E-state index in [0.29, 0.717) is 12.1 Å². The third-order valence-electron chi connectivity index (χ3n) is 3.95. The first-order valence-corrected chi connectivity index (χ1v) is 7.05. The van der Waals surface area contributed by atoms with Crippen LogP contribution in [0.4, 0.5) is 4.39 Å². The minimum absolute atomic E-state index is 0.152. The molecule has 20 heavy (non-hydrogen) atoms. The Bertz CT molecular complexity index is 484. The summed E-state index contributed by atoms with van der Waals surface area (Å²) in [7, 11) is 2.01. The van der Waals surface area contributed by atoms with E-state index < -0.39 is 5.82 Å². The van der Waals surface area contributed by atoms with E-state index in [4.69, 9.17) is 10.9 Å². The first kappa shape index (κ1) is 14.8. The number of halogens is 1. The SMILES string of the molecule is CN(Cc1cccc(/C(N)=N/O)c1F)CC1CCCC1. The maximum atomic E-state index is 14.3. The second-order valence-corrected chi connectivity index (χ2v) is 5.61. The van der Waals surface area contributed by atoms with Crippen LogP contribution in [0.2, 0.25) is 0 Å².